The van der Waals surface area contributed by atoms with Crippen LogP contribution in [0.1, 0.15) is 45.4 Å². The van der Waals surface area contributed by atoms with Crippen molar-refractivity contribution >= 4 is 23.9 Å². The number of hydrogen-bond donors (Lipinski definition) is 2. The smallest absolute Gasteiger partial charge is 0.346 e. The van der Waals surface area contributed by atoms with Crippen LogP contribution in [0.5, 0.6) is 0 Å². The maximum absolute atomic E-state index is 12.7. The van der Waals surface area contributed by atoms with E-state index in [-0.39, 0.29) is 24.0 Å². The number of amides is 3. The quantitative estimate of drug-likeness (QED) is 0.622. The summed E-state index contributed by atoms with van der Waals surface area (Å²) in [5.41, 5.74) is 0.421. The zero-order valence-electron chi connectivity index (χ0n) is 15.2. The van der Waals surface area contributed by atoms with Crippen molar-refractivity contribution < 1.29 is 18.1 Å². The molecule has 2 bridgehead atoms. The Morgan fingerprint density at radius 2 is 2.12 bits per heavy atom. The molecule has 1 N–H and O–H groups in total. The van der Waals surface area contributed by atoms with Crippen LogP contribution in [0.25, 0.3) is 0 Å². The Balaban J connectivity index is 1.24. The van der Waals surface area contributed by atoms with Crippen molar-refractivity contribution in [1.29, 1.82) is 0 Å². The van der Waals surface area contributed by atoms with Crippen molar-refractivity contribution in [2.75, 3.05) is 26.2 Å². The van der Waals surface area contributed by atoms with E-state index in [9.17, 15) is 13.8 Å². The third-order valence-electron chi connectivity index (χ3n) is 6.40. The molecule has 4 fully saturated rings. The fourth-order valence-electron chi connectivity index (χ4n) is 5.13. The largest absolute Gasteiger partial charge is 0.352 e. The van der Waals surface area contributed by atoms with Crippen molar-refractivity contribution in [3.05, 3.63) is 0 Å². The van der Waals surface area contributed by atoms with Gasteiger partial charge in [-0.15, -0.1) is 0 Å². The first kappa shape index (κ1) is 18.2. The topological polar surface area (TPSA) is 82.2 Å². The molecule has 4 aliphatic rings. The molecule has 1 aliphatic carbocycles. The number of fused-ring (bicyclic) bond motifs is 2. The van der Waals surface area contributed by atoms with Crippen LogP contribution in [0.15, 0.2) is 0 Å². The number of thiol groups is 1. The summed E-state index contributed by atoms with van der Waals surface area (Å²) in [6, 6.07) is -0.663. The molecule has 0 aromatic heterocycles. The molecule has 8 nitrogen and oxygen atoms in total. The first-order chi connectivity index (χ1) is 12.5. The highest BCUT2D eigenvalue weighted by atomic mass is 32.2. The van der Waals surface area contributed by atoms with Crippen LogP contribution in [-0.4, -0.2) is 75.3 Å². The van der Waals surface area contributed by atoms with E-state index in [1.165, 1.54) is 19.4 Å². The van der Waals surface area contributed by atoms with Crippen molar-refractivity contribution in [2.45, 2.75) is 63.6 Å². The average Bonchev–Trinajstić information content (AvgIpc) is 2.80. The van der Waals surface area contributed by atoms with E-state index in [0.29, 0.717) is 24.8 Å². The van der Waals surface area contributed by atoms with Crippen LogP contribution in [-0.2, 0) is 21.0 Å². The van der Waals surface area contributed by atoms with Gasteiger partial charge in [-0.2, -0.15) is 9.35 Å². The Labute approximate surface area is 157 Å². The molecule has 3 aliphatic heterocycles. The molecule has 1 spiro atoms. The summed E-state index contributed by atoms with van der Waals surface area (Å²) >= 11 is -0.540. The lowest BCUT2D eigenvalue weighted by atomic mass is 9.60. The molecule has 3 heterocycles. The summed E-state index contributed by atoms with van der Waals surface area (Å²) in [5.74, 6) is -0.0552. The molecule has 1 saturated carbocycles. The van der Waals surface area contributed by atoms with Crippen molar-refractivity contribution in [1.82, 2.24) is 20.2 Å². The van der Waals surface area contributed by atoms with Gasteiger partial charge in [0, 0.05) is 25.7 Å². The fraction of sp³-hybridized carbons (Fsp3) is 0.882. The molecule has 4 rings (SSSR count). The highest BCUT2D eigenvalue weighted by molar-refractivity contribution is 7.60. The van der Waals surface area contributed by atoms with E-state index < -0.39 is 18.0 Å². The molecule has 0 aromatic rings. The van der Waals surface area contributed by atoms with Gasteiger partial charge in [-0.25, -0.2) is 9.00 Å². The molecule has 2 unspecified atom stereocenters. The lowest BCUT2D eigenvalue weighted by molar-refractivity contribution is -0.131. The van der Waals surface area contributed by atoms with Crippen LogP contribution in [0, 0.1) is 5.41 Å². The number of urea groups is 1. The number of unbranched alkanes of at least 4 members (excludes halogenated alkanes) is 1. The first-order valence-electron chi connectivity index (χ1n) is 9.67. The number of nitrogens with zero attached hydrogens (tertiary/aromatic N) is 3. The van der Waals surface area contributed by atoms with Gasteiger partial charge in [0.2, 0.25) is 5.91 Å². The highest BCUT2D eigenvalue weighted by Crippen LogP contribution is 2.48. The Morgan fingerprint density at radius 1 is 1.35 bits per heavy atom. The van der Waals surface area contributed by atoms with Gasteiger partial charge in [0.15, 0.2) is 11.9 Å². The van der Waals surface area contributed by atoms with Crippen molar-refractivity contribution in [2.24, 2.45) is 5.41 Å². The highest BCUT2D eigenvalue weighted by Gasteiger charge is 2.53. The zero-order chi connectivity index (χ0) is 18.3. The normalized spacial score (nSPS) is 30.4. The van der Waals surface area contributed by atoms with E-state index >= 15 is 0 Å². The molecular weight excluding hydrogens is 356 g/mol. The molecule has 0 radical (unpaired) electrons. The van der Waals surface area contributed by atoms with Gasteiger partial charge < -0.3 is 15.1 Å². The number of rotatable bonds is 7. The molecule has 3 saturated heterocycles. The van der Waals surface area contributed by atoms with Crippen molar-refractivity contribution in [3.63, 3.8) is 0 Å². The summed E-state index contributed by atoms with van der Waals surface area (Å²) in [4.78, 5) is 29.1. The maximum atomic E-state index is 12.7. The lowest BCUT2D eigenvalue weighted by Gasteiger charge is -2.59. The van der Waals surface area contributed by atoms with E-state index in [2.05, 4.69) is 17.1 Å². The third-order valence-corrected chi connectivity index (χ3v) is 6.64. The molecule has 2 atom stereocenters. The van der Waals surface area contributed by atoms with Gasteiger partial charge in [0.05, 0.1) is 6.04 Å². The number of hydroxylamine groups is 2. The van der Waals surface area contributed by atoms with E-state index in [4.69, 9.17) is 4.28 Å². The summed E-state index contributed by atoms with van der Waals surface area (Å²) in [6.45, 7) is 6.20. The van der Waals surface area contributed by atoms with Gasteiger partial charge in [0.1, 0.15) is 6.04 Å². The van der Waals surface area contributed by atoms with Crippen LogP contribution >= 0.6 is 0 Å². The molecule has 26 heavy (non-hydrogen) atoms. The van der Waals surface area contributed by atoms with E-state index in [1.807, 2.05) is 0 Å². The number of likely N-dealkylation sites (tertiary alicyclic amines) is 1. The number of nitrogens with one attached hydrogen (secondary N) is 1. The number of hydrogen-bond acceptors (Lipinski definition) is 5. The predicted molar refractivity (Wildman–Crippen MR) is 96.3 cm³/mol. The maximum Gasteiger partial charge on any atom is 0.346 e. The van der Waals surface area contributed by atoms with Crippen LogP contribution < -0.4 is 5.32 Å². The fourth-order valence-corrected chi connectivity index (χ4v) is 5.41. The zero-order valence-corrected chi connectivity index (χ0v) is 16.1. The molecule has 146 valence electrons. The van der Waals surface area contributed by atoms with Crippen LogP contribution in [0.2, 0.25) is 0 Å². The Hall–Kier alpha value is -1.19. The molecular formula is C17H28N4O4S. The minimum atomic E-state index is -0.540. The third kappa shape index (κ3) is 3.14. The van der Waals surface area contributed by atoms with Crippen LogP contribution in [0.4, 0.5) is 4.79 Å². The first-order valence-corrected chi connectivity index (χ1v) is 10.4. The van der Waals surface area contributed by atoms with Gasteiger partial charge in [-0.05, 0) is 44.1 Å². The second-order valence-corrected chi connectivity index (χ2v) is 8.65. The number of carbonyl (C=O) groups excluding carboxylic acids is 2. The van der Waals surface area contributed by atoms with Gasteiger partial charge >= 0.3 is 6.03 Å². The SMILES string of the molecule is CCCCN1CC2(CC(NC(=O)C3CCC4CN3C(=O)N4O[SH]=O)C2)C1. The Kier molecular flexibility index (Phi) is 4.96. The minimum absolute atomic E-state index is 0.0552. The monoisotopic (exact) mass is 384 g/mol. The minimum Gasteiger partial charge on any atom is -0.352 e. The van der Waals surface area contributed by atoms with E-state index in [1.54, 1.807) is 4.90 Å². The molecule has 9 heteroatoms. The van der Waals surface area contributed by atoms with Gasteiger partial charge in [0.25, 0.3) is 0 Å². The van der Waals surface area contributed by atoms with E-state index in [0.717, 1.165) is 31.0 Å². The van der Waals surface area contributed by atoms with Gasteiger partial charge in [-0.3, -0.25) is 4.79 Å². The second kappa shape index (κ2) is 7.09. The summed E-state index contributed by atoms with van der Waals surface area (Å²) in [5, 5.41) is 4.30. The summed E-state index contributed by atoms with van der Waals surface area (Å²) < 4.78 is 15.5. The Bertz CT molecular complexity index is 589. The van der Waals surface area contributed by atoms with Crippen LogP contribution in [0.3, 0.4) is 0 Å². The van der Waals surface area contributed by atoms with Gasteiger partial charge in [-0.1, -0.05) is 13.3 Å². The lowest BCUT2D eigenvalue weighted by Crippen LogP contribution is -2.67. The predicted octanol–water partition coefficient (Wildman–Crippen LogP) is 0.428. The average molecular weight is 385 g/mol. The number of piperidine rings is 1. The number of carbonyl (C=O) groups is 2. The standard InChI is InChI=1S/C17H28N4O4S/c1-2-3-6-19-10-17(11-19)7-12(8-17)18-15(22)14-5-4-13-9-20(14)16(23)21(13)25-26-24/h12-14,26H,2-11H2,1H3,(H,18,22). The van der Waals surface area contributed by atoms with Crippen molar-refractivity contribution in [3.8, 4) is 0 Å². The second-order valence-electron chi connectivity index (χ2n) is 8.34. The Morgan fingerprint density at radius 3 is 2.81 bits per heavy atom. The molecule has 3 amide bonds. The summed E-state index contributed by atoms with van der Waals surface area (Å²) in [6.07, 6.45) is 5.91. The summed E-state index contributed by atoms with van der Waals surface area (Å²) in [7, 11) is 0. The molecule has 0 aromatic carbocycles.